The molecule has 1 aliphatic heterocycles. The Morgan fingerprint density at radius 3 is 2.47 bits per heavy atom. The van der Waals surface area contributed by atoms with E-state index in [1.54, 1.807) is 42.5 Å². The number of fused-ring (bicyclic) bond motifs is 1. The van der Waals surface area contributed by atoms with Gasteiger partial charge in [0.25, 0.3) is 15.9 Å². The van der Waals surface area contributed by atoms with Crippen molar-refractivity contribution in [1.82, 2.24) is 0 Å². The fourth-order valence-corrected chi connectivity index (χ4v) is 4.40. The van der Waals surface area contributed by atoms with Gasteiger partial charge in [-0.25, -0.2) is 8.42 Å². The van der Waals surface area contributed by atoms with Gasteiger partial charge in [-0.2, -0.15) is 0 Å². The van der Waals surface area contributed by atoms with E-state index in [4.69, 9.17) is 11.6 Å². The molecule has 0 radical (unpaired) electrons. The third-order valence-electron chi connectivity index (χ3n) is 4.52. The largest absolute Gasteiger partial charge is 0.323 e. The van der Waals surface area contributed by atoms with Crippen LogP contribution in [0.1, 0.15) is 10.4 Å². The molecular formula is C21H16ClN3O4S. The van der Waals surface area contributed by atoms with E-state index in [0.717, 1.165) is 0 Å². The number of hydrogen-bond donors (Lipinski definition) is 2. The van der Waals surface area contributed by atoms with Crippen molar-refractivity contribution in [3.63, 3.8) is 0 Å². The van der Waals surface area contributed by atoms with Crippen molar-refractivity contribution >= 4 is 50.5 Å². The third-order valence-corrected chi connectivity index (χ3v) is 6.25. The van der Waals surface area contributed by atoms with Gasteiger partial charge in [-0.15, -0.1) is 0 Å². The summed E-state index contributed by atoms with van der Waals surface area (Å²) in [4.78, 5) is 26.6. The molecule has 30 heavy (non-hydrogen) atoms. The highest BCUT2D eigenvalue weighted by molar-refractivity contribution is 7.92. The van der Waals surface area contributed by atoms with Crippen LogP contribution in [0.4, 0.5) is 17.1 Å². The van der Waals surface area contributed by atoms with Gasteiger partial charge in [0.2, 0.25) is 5.91 Å². The number of sulfonamides is 1. The number of nitrogens with one attached hydrogen (secondary N) is 2. The molecule has 4 rings (SSSR count). The first-order chi connectivity index (χ1) is 14.3. The minimum Gasteiger partial charge on any atom is -0.323 e. The van der Waals surface area contributed by atoms with Crippen LogP contribution < -0.4 is 14.9 Å². The summed E-state index contributed by atoms with van der Waals surface area (Å²) < 4.78 is 27.6. The van der Waals surface area contributed by atoms with Gasteiger partial charge in [-0.05, 0) is 42.5 Å². The Morgan fingerprint density at radius 2 is 1.70 bits per heavy atom. The van der Waals surface area contributed by atoms with Gasteiger partial charge in [-0.1, -0.05) is 41.9 Å². The highest BCUT2D eigenvalue weighted by atomic mass is 35.5. The molecule has 9 heteroatoms. The van der Waals surface area contributed by atoms with Gasteiger partial charge in [0.15, 0.2) is 0 Å². The molecule has 152 valence electrons. The summed E-state index contributed by atoms with van der Waals surface area (Å²) in [5, 5.41) is 2.86. The number of amides is 2. The lowest BCUT2D eigenvalue weighted by atomic mass is 10.1. The lowest BCUT2D eigenvalue weighted by Crippen LogP contribution is -2.42. The number of anilines is 3. The van der Waals surface area contributed by atoms with Gasteiger partial charge < -0.3 is 5.32 Å². The van der Waals surface area contributed by atoms with E-state index < -0.39 is 15.9 Å². The first-order valence-corrected chi connectivity index (χ1v) is 10.8. The van der Waals surface area contributed by atoms with Crippen molar-refractivity contribution in [2.75, 3.05) is 21.5 Å². The van der Waals surface area contributed by atoms with E-state index in [1.165, 1.54) is 35.2 Å². The summed E-state index contributed by atoms with van der Waals surface area (Å²) in [7, 11) is -3.83. The Morgan fingerprint density at radius 1 is 1.00 bits per heavy atom. The quantitative estimate of drug-likeness (QED) is 0.644. The molecule has 0 aliphatic carbocycles. The topological polar surface area (TPSA) is 95.6 Å². The van der Waals surface area contributed by atoms with Gasteiger partial charge >= 0.3 is 0 Å². The Hall–Kier alpha value is -3.36. The molecule has 0 bridgehead atoms. The molecule has 0 spiro atoms. The molecule has 0 fully saturated rings. The molecule has 0 saturated carbocycles. The molecule has 2 amide bonds. The molecule has 1 aliphatic rings. The van der Waals surface area contributed by atoms with E-state index in [9.17, 15) is 18.0 Å². The number of benzene rings is 3. The van der Waals surface area contributed by atoms with E-state index in [-0.39, 0.29) is 33.6 Å². The van der Waals surface area contributed by atoms with Crippen LogP contribution in [0.5, 0.6) is 0 Å². The number of carbonyl (C=O) groups excluding carboxylic acids is 2. The zero-order chi connectivity index (χ0) is 21.3. The Balaban J connectivity index is 1.68. The van der Waals surface area contributed by atoms with Crippen LogP contribution in [0.25, 0.3) is 0 Å². The number of para-hydroxylation sites is 2. The van der Waals surface area contributed by atoms with Gasteiger partial charge in [0.1, 0.15) is 6.54 Å². The van der Waals surface area contributed by atoms with Crippen molar-refractivity contribution in [3.05, 3.63) is 83.4 Å². The number of carbonyl (C=O) groups is 2. The maximum Gasteiger partial charge on any atom is 0.261 e. The number of rotatable bonds is 4. The average Bonchev–Trinajstić information content (AvgIpc) is 2.74. The van der Waals surface area contributed by atoms with Crippen LogP contribution in [-0.2, 0) is 14.8 Å². The van der Waals surface area contributed by atoms with Crippen LogP contribution in [0, 0.1) is 0 Å². The smallest absolute Gasteiger partial charge is 0.261 e. The molecule has 0 saturated heterocycles. The van der Waals surface area contributed by atoms with Crippen molar-refractivity contribution in [3.8, 4) is 0 Å². The van der Waals surface area contributed by atoms with Crippen LogP contribution in [0.2, 0.25) is 5.02 Å². The predicted octanol–water partition coefficient (Wildman–Crippen LogP) is 3.74. The highest BCUT2D eigenvalue weighted by Crippen LogP contribution is 2.32. The fourth-order valence-electron chi connectivity index (χ4n) is 3.13. The van der Waals surface area contributed by atoms with E-state index in [1.807, 2.05) is 0 Å². The Bertz CT molecular complexity index is 1250. The minimum absolute atomic E-state index is 0.0782. The van der Waals surface area contributed by atoms with Gasteiger partial charge in [0.05, 0.1) is 26.9 Å². The first kappa shape index (κ1) is 19.9. The molecule has 0 atom stereocenters. The SMILES string of the molecule is O=C1CN(C(=O)c2cc(NS(=O)(=O)c3ccccc3)ccc2Cl)c2ccccc2N1. The van der Waals surface area contributed by atoms with Crippen LogP contribution in [0.15, 0.2) is 77.7 Å². The van der Waals surface area contributed by atoms with Crippen LogP contribution in [0.3, 0.4) is 0 Å². The number of hydrogen-bond acceptors (Lipinski definition) is 4. The normalized spacial score (nSPS) is 13.4. The van der Waals surface area contributed by atoms with Crippen molar-refractivity contribution in [1.29, 1.82) is 0 Å². The van der Waals surface area contributed by atoms with Crippen molar-refractivity contribution < 1.29 is 18.0 Å². The maximum absolute atomic E-state index is 13.2. The summed E-state index contributed by atoms with van der Waals surface area (Å²) >= 11 is 6.24. The number of nitrogens with zero attached hydrogens (tertiary/aromatic N) is 1. The maximum atomic E-state index is 13.2. The van der Waals surface area contributed by atoms with E-state index in [2.05, 4.69) is 10.0 Å². The third kappa shape index (κ3) is 3.87. The second-order valence-corrected chi connectivity index (χ2v) is 8.66. The molecule has 0 aromatic heterocycles. The second-order valence-electron chi connectivity index (χ2n) is 6.57. The average molecular weight is 442 g/mol. The van der Waals surface area contributed by atoms with E-state index >= 15 is 0 Å². The second kappa shape index (κ2) is 7.81. The molecule has 3 aromatic carbocycles. The first-order valence-electron chi connectivity index (χ1n) is 8.93. The summed E-state index contributed by atoms with van der Waals surface area (Å²) in [5.41, 5.74) is 1.31. The standard InChI is InChI=1S/C21H16ClN3O4S/c22-17-11-10-14(24-30(28,29)15-6-2-1-3-7-15)12-16(17)21(27)25-13-20(26)23-18-8-4-5-9-19(18)25/h1-12,24H,13H2,(H,23,26). The van der Waals surface area contributed by atoms with Crippen molar-refractivity contribution in [2.45, 2.75) is 4.90 Å². The molecule has 7 nitrogen and oxygen atoms in total. The van der Waals surface area contributed by atoms with E-state index in [0.29, 0.717) is 11.4 Å². The predicted molar refractivity (Wildman–Crippen MR) is 115 cm³/mol. The molecule has 0 unspecified atom stereocenters. The summed E-state index contributed by atoms with van der Waals surface area (Å²) in [5.74, 6) is -0.845. The Kier molecular flexibility index (Phi) is 5.19. The minimum atomic E-state index is -3.83. The highest BCUT2D eigenvalue weighted by Gasteiger charge is 2.29. The number of halogens is 1. The molecule has 3 aromatic rings. The zero-order valence-electron chi connectivity index (χ0n) is 15.5. The van der Waals surface area contributed by atoms with Crippen LogP contribution >= 0.6 is 11.6 Å². The van der Waals surface area contributed by atoms with Crippen LogP contribution in [-0.4, -0.2) is 26.8 Å². The summed E-state index contributed by atoms with van der Waals surface area (Å²) in [6.07, 6.45) is 0. The molecular weight excluding hydrogens is 426 g/mol. The Labute approximate surface area is 178 Å². The molecule has 2 N–H and O–H groups in total. The monoisotopic (exact) mass is 441 g/mol. The van der Waals surface area contributed by atoms with Gasteiger partial charge in [0, 0.05) is 5.69 Å². The summed E-state index contributed by atoms with van der Waals surface area (Å²) in [6, 6.07) is 19.0. The zero-order valence-corrected chi connectivity index (χ0v) is 17.1. The van der Waals surface area contributed by atoms with Crippen molar-refractivity contribution in [2.24, 2.45) is 0 Å². The van der Waals surface area contributed by atoms with Gasteiger partial charge in [-0.3, -0.25) is 19.2 Å². The molecule has 1 heterocycles. The lowest BCUT2D eigenvalue weighted by Gasteiger charge is -2.29. The lowest BCUT2D eigenvalue weighted by molar-refractivity contribution is -0.115. The fraction of sp³-hybridized carbons (Fsp3) is 0.0476. The summed E-state index contributed by atoms with van der Waals surface area (Å²) in [6.45, 7) is -0.174.